The minimum atomic E-state index is -1.01. The van der Waals surface area contributed by atoms with Crippen molar-refractivity contribution >= 4 is 5.97 Å². The molecule has 0 aromatic rings. The number of carbonyl (C=O) groups is 1. The fourth-order valence-corrected chi connectivity index (χ4v) is 2.71. The maximum atomic E-state index is 12.1. The molecule has 1 aliphatic rings. The highest BCUT2D eigenvalue weighted by atomic mass is 16.6. The van der Waals surface area contributed by atoms with Gasteiger partial charge in [-0.25, -0.2) is 4.79 Å². The quantitative estimate of drug-likeness (QED) is 0.403. The Morgan fingerprint density at radius 3 is 2.27 bits per heavy atom. The number of rotatable bonds is 13. The summed E-state index contributed by atoms with van der Waals surface area (Å²) in [7, 11) is 0. The molecule has 1 aliphatic heterocycles. The molecule has 0 spiro atoms. The third-order valence-electron chi connectivity index (χ3n) is 4.31. The highest BCUT2D eigenvalue weighted by Crippen LogP contribution is 2.33. The van der Waals surface area contributed by atoms with Crippen molar-refractivity contribution < 1.29 is 24.5 Å². The van der Waals surface area contributed by atoms with Crippen LogP contribution in [0, 0.1) is 0 Å². The van der Waals surface area contributed by atoms with E-state index in [1.165, 1.54) is 38.5 Å². The van der Waals surface area contributed by atoms with Crippen LogP contribution < -0.4 is 0 Å². The van der Waals surface area contributed by atoms with Crippen LogP contribution in [0.3, 0.4) is 0 Å². The van der Waals surface area contributed by atoms with Gasteiger partial charge in [-0.1, -0.05) is 51.9 Å². The molecule has 2 N–H and O–H groups in total. The molecule has 0 radical (unpaired) electrons. The predicted molar refractivity (Wildman–Crippen MR) is 84.6 cm³/mol. The lowest BCUT2D eigenvalue weighted by Gasteiger charge is -2.39. The molecule has 130 valence electrons. The van der Waals surface area contributed by atoms with Crippen LogP contribution in [0.15, 0.2) is 0 Å². The Morgan fingerprint density at radius 2 is 1.77 bits per heavy atom. The number of ether oxygens (including phenoxy) is 2. The number of hydrogen-bond acceptors (Lipinski definition) is 5. The molecule has 2 atom stereocenters. The molecule has 0 saturated carbocycles. The highest BCUT2D eigenvalue weighted by Gasteiger charge is 2.46. The van der Waals surface area contributed by atoms with Crippen LogP contribution in [0.4, 0.5) is 0 Å². The molecule has 0 aliphatic carbocycles. The van der Waals surface area contributed by atoms with E-state index >= 15 is 0 Å². The molecular weight excluding hydrogens is 284 g/mol. The summed E-state index contributed by atoms with van der Waals surface area (Å²) in [5.41, 5.74) is -0.794. The summed E-state index contributed by atoms with van der Waals surface area (Å²) < 4.78 is 10.5. The van der Waals surface area contributed by atoms with Crippen molar-refractivity contribution in [3.8, 4) is 0 Å². The van der Waals surface area contributed by atoms with E-state index in [0.717, 1.165) is 12.8 Å². The number of aliphatic hydroxyl groups excluding tert-OH is 2. The molecule has 1 fully saturated rings. The maximum absolute atomic E-state index is 12.1. The van der Waals surface area contributed by atoms with Crippen molar-refractivity contribution in [2.45, 2.75) is 82.8 Å². The molecule has 5 heteroatoms. The van der Waals surface area contributed by atoms with Crippen LogP contribution in [-0.4, -0.2) is 47.7 Å². The predicted octanol–water partition coefficient (Wildman–Crippen LogP) is 2.57. The topological polar surface area (TPSA) is 76.0 Å². The van der Waals surface area contributed by atoms with E-state index in [4.69, 9.17) is 14.6 Å². The normalized spacial score (nSPS) is 22.1. The summed E-state index contributed by atoms with van der Waals surface area (Å²) >= 11 is 0. The van der Waals surface area contributed by atoms with Crippen LogP contribution in [0.5, 0.6) is 0 Å². The molecule has 2 unspecified atom stereocenters. The molecule has 1 heterocycles. The largest absolute Gasteiger partial charge is 0.461 e. The second-order valence-electron chi connectivity index (χ2n) is 6.25. The van der Waals surface area contributed by atoms with Crippen LogP contribution in [0.1, 0.15) is 71.1 Å². The van der Waals surface area contributed by atoms with E-state index in [9.17, 15) is 9.90 Å². The molecule has 5 nitrogen and oxygen atoms in total. The minimum absolute atomic E-state index is 0.169. The average Bonchev–Trinajstić information content (AvgIpc) is 2.49. The molecule has 1 saturated heterocycles. The van der Waals surface area contributed by atoms with E-state index in [0.29, 0.717) is 19.4 Å². The van der Waals surface area contributed by atoms with Crippen LogP contribution in [-0.2, 0) is 14.3 Å². The summed E-state index contributed by atoms with van der Waals surface area (Å²) in [5.74, 6) is -0.394. The van der Waals surface area contributed by atoms with Crippen LogP contribution >= 0.6 is 0 Å². The van der Waals surface area contributed by atoms with Crippen LogP contribution in [0.25, 0.3) is 0 Å². The summed E-state index contributed by atoms with van der Waals surface area (Å²) in [6.45, 7) is 2.24. The standard InChI is InChI=1S/C17H32O5/c1-2-3-4-5-6-7-8-9-10-17(11-12-22-17)16(20)21-14-15(19)13-18/h15,18-19H,2-14H2,1H3. The van der Waals surface area contributed by atoms with Gasteiger partial charge in [-0.2, -0.15) is 0 Å². The Balaban J connectivity index is 2.14. The molecular formula is C17H32O5. The molecule has 1 rings (SSSR count). The van der Waals surface area contributed by atoms with Gasteiger partial charge >= 0.3 is 5.97 Å². The van der Waals surface area contributed by atoms with Crippen molar-refractivity contribution in [3.05, 3.63) is 0 Å². The van der Waals surface area contributed by atoms with Gasteiger partial charge < -0.3 is 19.7 Å². The lowest BCUT2D eigenvalue weighted by Crippen LogP contribution is -2.52. The first-order valence-electron chi connectivity index (χ1n) is 8.74. The van der Waals surface area contributed by atoms with E-state index < -0.39 is 24.3 Å². The molecule has 22 heavy (non-hydrogen) atoms. The zero-order valence-electron chi connectivity index (χ0n) is 13.9. The summed E-state index contributed by atoms with van der Waals surface area (Å²) in [4.78, 5) is 12.1. The fourth-order valence-electron chi connectivity index (χ4n) is 2.71. The zero-order valence-corrected chi connectivity index (χ0v) is 13.9. The maximum Gasteiger partial charge on any atom is 0.338 e. The van der Waals surface area contributed by atoms with Gasteiger partial charge in [-0.3, -0.25) is 0 Å². The van der Waals surface area contributed by atoms with Crippen molar-refractivity contribution in [1.29, 1.82) is 0 Å². The average molecular weight is 316 g/mol. The second-order valence-corrected chi connectivity index (χ2v) is 6.25. The van der Waals surface area contributed by atoms with Gasteiger partial charge in [0, 0.05) is 6.42 Å². The molecule has 0 amide bonds. The van der Waals surface area contributed by atoms with Crippen molar-refractivity contribution in [1.82, 2.24) is 0 Å². The minimum Gasteiger partial charge on any atom is -0.461 e. The summed E-state index contributed by atoms with van der Waals surface area (Å²) in [6.07, 6.45) is 10.1. The van der Waals surface area contributed by atoms with Crippen molar-refractivity contribution in [2.24, 2.45) is 0 Å². The fraction of sp³-hybridized carbons (Fsp3) is 0.941. The first-order valence-corrected chi connectivity index (χ1v) is 8.74. The van der Waals surface area contributed by atoms with E-state index in [1.807, 2.05) is 0 Å². The second kappa shape index (κ2) is 11.0. The Kier molecular flexibility index (Phi) is 9.68. The van der Waals surface area contributed by atoms with Crippen LogP contribution in [0.2, 0.25) is 0 Å². The van der Waals surface area contributed by atoms with E-state index in [2.05, 4.69) is 6.92 Å². The van der Waals surface area contributed by atoms with Crippen molar-refractivity contribution in [2.75, 3.05) is 19.8 Å². The van der Waals surface area contributed by atoms with Gasteiger partial charge in [0.05, 0.1) is 13.2 Å². The van der Waals surface area contributed by atoms with Gasteiger partial charge in [0.1, 0.15) is 12.7 Å². The Hall–Kier alpha value is -0.650. The Morgan fingerprint density at radius 1 is 1.18 bits per heavy atom. The zero-order chi connectivity index (χ0) is 16.3. The molecule has 0 aromatic heterocycles. The number of esters is 1. The summed E-state index contributed by atoms with van der Waals surface area (Å²) in [6, 6.07) is 0. The third kappa shape index (κ3) is 6.63. The van der Waals surface area contributed by atoms with Gasteiger partial charge in [0.15, 0.2) is 5.60 Å². The van der Waals surface area contributed by atoms with E-state index in [1.54, 1.807) is 0 Å². The first kappa shape index (κ1) is 19.4. The monoisotopic (exact) mass is 316 g/mol. The number of hydrogen-bond donors (Lipinski definition) is 2. The number of aliphatic hydroxyl groups is 2. The van der Waals surface area contributed by atoms with Gasteiger partial charge in [-0.05, 0) is 12.8 Å². The Labute approximate surface area is 134 Å². The van der Waals surface area contributed by atoms with Crippen molar-refractivity contribution in [3.63, 3.8) is 0 Å². The van der Waals surface area contributed by atoms with Gasteiger partial charge in [0.2, 0.25) is 0 Å². The molecule has 0 aromatic carbocycles. The first-order chi connectivity index (χ1) is 10.6. The van der Waals surface area contributed by atoms with E-state index in [-0.39, 0.29) is 6.61 Å². The highest BCUT2D eigenvalue weighted by molar-refractivity contribution is 5.80. The lowest BCUT2D eigenvalue weighted by atomic mass is 9.88. The number of unbranched alkanes of at least 4 members (excludes halogenated alkanes) is 7. The lowest BCUT2D eigenvalue weighted by molar-refractivity contribution is -0.204. The third-order valence-corrected chi connectivity index (χ3v) is 4.31. The summed E-state index contributed by atoms with van der Waals surface area (Å²) in [5, 5.41) is 18.0. The Bertz CT molecular complexity index is 301. The molecule has 0 bridgehead atoms. The van der Waals surface area contributed by atoms with Gasteiger partial charge in [-0.15, -0.1) is 0 Å². The SMILES string of the molecule is CCCCCCCCCCC1(C(=O)OCC(O)CO)CCO1. The van der Waals surface area contributed by atoms with Gasteiger partial charge in [0.25, 0.3) is 0 Å². The smallest absolute Gasteiger partial charge is 0.338 e. The number of carbonyl (C=O) groups excluding carboxylic acids is 1.